The SMILES string of the molecule is CCC.O=C(O)c1ccccc1.O=C(O)c1ccccc1.O=CO. The Morgan fingerprint density at radius 1 is 0.792 bits per heavy atom. The minimum absolute atomic E-state index is 0.250. The van der Waals surface area contributed by atoms with Gasteiger partial charge in [0, 0.05) is 0 Å². The lowest BCUT2D eigenvalue weighted by Gasteiger charge is -1.88. The van der Waals surface area contributed by atoms with E-state index in [4.69, 9.17) is 20.1 Å². The van der Waals surface area contributed by atoms with E-state index >= 15 is 0 Å². The molecule has 0 aromatic heterocycles. The van der Waals surface area contributed by atoms with Crippen molar-refractivity contribution >= 4 is 18.4 Å². The molecule has 0 unspecified atom stereocenters. The fourth-order valence-electron chi connectivity index (χ4n) is 1.16. The number of carbonyl (C=O) groups is 3. The second-order valence-corrected chi connectivity index (χ2v) is 4.15. The predicted octanol–water partition coefficient (Wildman–Crippen LogP) is 3.89. The molecule has 130 valence electrons. The summed E-state index contributed by atoms with van der Waals surface area (Å²) >= 11 is 0. The molecular formula is C18H22O6. The summed E-state index contributed by atoms with van der Waals surface area (Å²) in [5.74, 6) is -1.76. The highest BCUT2D eigenvalue weighted by Crippen LogP contribution is 1.96. The number of aromatic carboxylic acids is 2. The van der Waals surface area contributed by atoms with Gasteiger partial charge in [-0.15, -0.1) is 0 Å². The molecule has 0 amide bonds. The van der Waals surface area contributed by atoms with E-state index < -0.39 is 11.9 Å². The molecule has 0 aliphatic rings. The Morgan fingerprint density at radius 3 is 1.12 bits per heavy atom. The smallest absolute Gasteiger partial charge is 0.335 e. The Kier molecular flexibility index (Phi) is 15.6. The first-order chi connectivity index (χ1) is 11.4. The van der Waals surface area contributed by atoms with Crippen LogP contribution in [0.15, 0.2) is 60.7 Å². The average Bonchev–Trinajstić information content (AvgIpc) is 2.58. The van der Waals surface area contributed by atoms with Crippen molar-refractivity contribution < 1.29 is 29.7 Å². The zero-order valence-electron chi connectivity index (χ0n) is 13.6. The molecule has 0 radical (unpaired) electrons. The van der Waals surface area contributed by atoms with Crippen LogP contribution in [-0.2, 0) is 4.79 Å². The minimum atomic E-state index is -0.879. The lowest BCUT2D eigenvalue weighted by Crippen LogP contribution is -1.93. The summed E-state index contributed by atoms with van der Waals surface area (Å²) in [7, 11) is 0. The summed E-state index contributed by atoms with van der Waals surface area (Å²) in [5, 5.41) is 23.7. The van der Waals surface area contributed by atoms with E-state index in [0.717, 1.165) is 0 Å². The Bertz CT molecular complexity index is 517. The van der Waals surface area contributed by atoms with Gasteiger partial charge in [-0.1, -0.05) is 56.7 Å². The molecule has 0 spiro atoms. The number of hydrogen-bond acceptors (Lipinski definition) is 3. The first-order valence-corrected chi connectivity index (χ1v) is 7.08. The standard InChI is InChI=1S/2C7H6O2.C3H8.CH2O2/c2*8-7(9)6-4-2-1-3-5-6;1-3-2;2-1-3/h2*1-5H,(H,8,9);3H2,1-2H3;1H,(H,2,3). The van der Waals surface area contributed by atoms with Gasteiger partial charge in [0.1, 0.15) is 0 Å². The van der Waals surface area contributed by atoms with E-state index in [1.54, 1.807) is 60.7 Å². The highest BCUT2D eigenvalue weighted by molar-refractivity contribution is 5.87. The Labute approximate surface area is 141 Å². The molecule has 0 saturated heterocycles. The van der Waals surface area contributed by atoms with Crippen LogP contribution in [0.25, 0.3) is 0 Å². The molecule has 0 fully saturated rings. The number of carboxylic acids is 2. The summed E-state index contributed by atoms with van der Waals surface area (Å²) in [6.45, 7) is 4.00. The maximum absolute atomic E-state index is 10.2. The zero-order valence-corrected chi connectivity index (χ0v) is 13.6. The van der Waals surface area contributed by atoms with Gasteiger partial charge in [-0.25, -0.2) is 9.59 Å². The third-order valence-electron chi connectivity index (χ3n) is 2.04. The van der Waals surface area contributed by atoms with Crippen LogP contribution < -0.4 is 0 Å². The molecular weight excluding hydrogens is 312 g/mol. The van der Waals surface area contributed by atoms with Crippen LogP contribution in [0.5, 0.6) is 0 Å². The molecule has 0 bridgehead atoms. The summed E-state index contributed by atoms with van der Waals surface area (Å²) in [4.78, 5) is 28.8. The van der Waals surface area contributed by atoms with Gasteiger partial charge < -0.3 is 15.3 Å². The van der Waals surface area contributed by atoms with E-state index in [-0.39, 0.29) is 6.47 Å². The molecule has 3 N–H and O–H groups in total. The van der Waals surface area contributed by atoms with Gasteiger partial charge in [-0.05, 0) is 24.3 Å². The van der Waals surface area contributed by atoms with E-state index in [9.17, 15) is 9.59 Å². The molecule has 0 aliphatic carbocycles. The van der Waals surface area contributed by atoms with Gasteiger partial charge in [0.2, 0.25) is 0 Å². The van der Waals surface area contributed by atoms with E-state index in [1.165, 1.54) is 6.42 Å². The monoisotopic (exact) mass is 334 g/mol. The van der Waals surface area contributed by atoms with Crippen molar-refractivity contribution in [3.8, 4) is 0 Å². The van der Waals surface area contributed by atoms with E-state index in [0.29, 0.717) is 11.1 Å². The van der Waals surface area contributed by atoms with Crippen LogP contribution in [0.1, 0.15) is 41.0 Å². The number of rotatable bonds is 2. The van der Waals surface area contributed by atoms with Crippen molar-refractivity contribution in [1.29, 1.82) is 0 Å². The highest BCUT2D eigenvalue weighted by atomic mass is 16.4. The lowest BCUT2D eigenvalue weighted by atomic mass is 10.2. The summed E-state index contributed by atoms with van der Waals surface area (Å²) in [6, 6.07) is 16.6. The zero-order chi connectivity index (χ0) is 18.8. The van der Waals surface area contributed by atoms with Gasteiger partial charge >= 0.3 is 11.9 Å². The van der Waals surface area contributed by atoms with Crippen molar-refractivity contribution in [3.05, 3.63) is 71.8 Å². The van der Waals surface area contributed by atoms with E-state index in [1.807, 2.05) is 0 Å². The van der Waals surface area contributed by atoms with Crippen molar-refractivity contribution in [2.75, 3.05) is 0 Å². The van der Waals surface area contributed by atoms with Crippen LogP contribution in [0.2, 0.25) is 0 Å². The fraction of sp³-hybridized carbons (Fsp3) is 0.167. The van der Waals surface area contributed by atoms with Gasteiger partial charge in [-0.3, -0.25) is 4.79 Å². The topological polar surface area (TPSA) is 112 Å². The quantitative estimate of drug-likeness (QED) is 0.718. The normalized spacial score (nSPS) is 7.92. The largest absolute Gasteiger partial charge is 0.483 e. The summed E-state index contributed by atoms with van der Waals surface area (Å²) in [6.07, 6.45) is 1.25. The maximum atomic E-state index is 10.2. The minimum Gasteiger partial charge on any atom is -0.483 e. The summed E-state index contributed by atoms with van der Waals surface area (Å²) < 4.78 is 0. The molecule has 2 rings (SSSR count). The summed E-state index contributed by atoms with van der Waals surface area (Å²) in [5.41, 5.74) is 0.662. The predicted molar refractivity (Wildman–Crippen MR) is 91.5 cm³/mol. The van der Waals surface area contributed by atoms with Gasteiger partial charge in [0.15, 0.2) is 0 Å². The van der Waals surface area contributed by atoms with Crippen LogP contribution in [0.3, 0.4) is 0 Å². The number of hydrogen-bond donors (Lipinski definition) is 3. The Hall–Kier alpha value is -3.15. The van der Waals surface area contributed by atoms with Crippen LogP contribution >= 0.6 is 0 Å². The van der Waals surface area contributed by atoms with E-state index in [2.05, 4.69) is 13.8 Å². The Morgan fingerprint density at radius 2 is 1.00 bits per heavy atom. The molecule has 0 atom stereocenters. The first kappa shape index (κ1) is 23.1. The third kappa shape index (κ3) is 13.8. The van der Waals surface area contributed by atoms with Crippen LogP contribution in [0.4, 0.5) is 0 Å². The van der Waals surface area contributed by atoms with Gasteiger partial charge in [0.05, 0.1) is 11.1 Å². The molecule has 0 heterocycles. The second kappa shape index (κ2) is 16.2. The molecule has 0 saturated carbocycles. The first-order valence-electron chi connectivity index (χ1n) is 7.08. The van der Waals surface area contributed by atoms with Crippen LogP contribution in [-0.4, -0.2) is 33.7 Å². The maximum Gasteiger partial charge on any atom is 0.335 e. The van der Waals surface area contributed by atoms with Crippen molar-refractivity contribution in [2.24, 2.45) is 0 Å². The second-order valence-electron chi connectivity index (χ2n) is 4.15. The van der Waals surface area contributed by atoms with Crippen molar-refractivity contribution in [1.82, 2.24) is 0 Å². The van der Waals surface area contributed by atoms with Crippen molar-refractivity contribution in [2.45, 2.75) is 20.3 Å². The number of carboxylic acid groups (broad SMARTS) is 3. The third-order valence-corrected chi connectivity index (χ3v) is 2.04. The molecule has 6 heteroatoms. The lowest BCUT2D eigenvalue weighted by molar-refractivity contribution is -0.122. The number of benzene rings is 2. The molecule has 0 aliphatic heterocycles. The van der Waals surface area contributed by atoms with Gasteiger partial charge in [0.25, 0.3) is 6.47 Å². The molecule has 6 nitrogen and oxygen atoms in total. The fourth-order valence-corrected chi connectivity index (χ4v) is 1.16. The van der Waals surface area contributed by atoms with Crippen LogP contribution in [0, 0.1) is 0 Å². The highest BCUT2D eigenvalue weighted by Gasteiger charge is 1.97. The molecule has 24 heavy (non-hydrogen) atoms. The van der Waals surface area contributed by atoms with Crippen molar-refractivity contribution in [3.63, 3.8) is 0 Å². The average molecular weight is 334 g/mol. The Balaban J connectivity index is 0. The molecule has 2 aromatic carbocycles. The van der Waals surface area contributed by atoms with Gasteiger partial charge in [-0.2, -0.15) is 0 Å². The molecule has 2 aromatic rings.